The molecular weight excluding hydrogens is 356 g/mol. The molecule has 1 fully saturated rings. The largest absolute Gasteiger partial charge is 0.381 e. The number of hydrogen-bond acceptors (Lipinski definition) is 7. The van der Waals surface area contributed by atoms with E-state index in [9.17, 15) is 0 Å². The molecular formula is C20H28N6O2. The molecule has 1 saturated heterocycles. The van der Waals surface area contributed by atoms with E-state index in [1.54, 1.807) is 0 Å². The Kier molecular flexibility index (Phi) is 5.41. The van der Waals surface area contributed by atoms with Crippen molar-refractivity contribution < 1.29 is 9.26 Å². The molecule has 1 N–H and O–H groups in total. The van der Waals surface area contributed by atoms with Crippen LogP contribution in [0.4, 0.5) is 0 Å². The van der Waals surface area contributed by atoms with Gasteiger partial charge in [-0.1, -0.05) is 19.0 Å². The Bertz CT molecular complexity index is 941. The van der Waals surface area contributed by atoms with Gasteiger partial charge in [0.2, 0.25) is 5.89 Å². The molecule has 1 aliphatic heterocycles. The molecule has 0 radical (unpaired) electrons. The van der Waals surface area contributed by atoms with Crippen LogP contribution in [-0.4, -0.2) is 38.1 Å². The molecule has 4 rings (SSSR count). The van der Waals surface area contributed by atoms with E-state index in [4.69, 9.17) is 9.26 Å². The highest BCUT2D eigenvalue weighted by atomic mass is 16.5. The van der Waals surface area contributed by atoms with Crippen LogP contribution in [0.15, 0.2) is 16.8 Å². The molecule has 150 valence electrons. The second-order valence-electron chi connectivity index (χ2n) is 7.88. The first kappa shape index (κ1) is 19.0. The van der Waals surface area contributed by atoms with Gasteiger partial charge in [-0.05, 0) is 37.3 Å². The van der Waals surface area contributed by atoms with E-state index in [0.717, 1.165) is 54.2 Å². The Morgan fingerprint density at radius 1 is 1.29 bits per heavy atom. The lowest BCUT2D eigenvalue weighted by atomic mass is 9.91. The van der Waals surface area contributed by atoms with Gasteiger partial charge in [0.25, 0.3) is 0 Å². The number of aromatic nitrogens is 5. The Balaban J connectivity index is 1.55. The molecule has 0 aliphatic carbocycles. The molecule has 0 bridgehead atoms. The molecule has 1 aliphatic rings. The Hall–Kier alpha value is -2.32. The SMILES string of the molecule is Cc1nn(C)c2ncc(CN[C@@H](c3nc(C(C)C)no3)C3CCOCC3)cc12. The summed E-state index contributed by atoms with van der Waals surface area (Å²) in [6, 6.07) is 2.17. The molecule has 3 aromatic heterocycles. The van der Waals surface area contributed by atoms with Crippen molar-refractivity contribution in [1.82, 2.24) is 30.2 Å². The Morgan fingerprint density at radius 2 is 2.07 bits per heavy atom. The van der Waals surface area contributed by atoms with E-state index >= 15 is 0 Å². The average molecular weight is 384 g/mol. The number of fused-ring (bicyclic) bond motifs is 1. The quantitative estimate of drug-likeness (QED) is 0.698. The lowest BCUT2D eigenvalue weighted by molar-refractivity contribution is 0.0485. The van der Waals surface area contributed by atoms with Crippen molar-refractivity contribution in [3.05, 3.63) is 35.2 Å². The highest BCUT2D eigenvalue weighted by Crippen LogP contribution is 2.30. The molecule has 0 saturated carbocycles. The number of rotatable bonds is 6. The number of nitrogens with one attached hydrogen (secondary N) is 1. The summed E-state index contributed by atoms with van der Waals surface area (Å²) < 4.78 is 13.0. The first-order valence-corrected chi connectivity index (χ1v) is 9.95. The van der Waals surface area contributed by atoms with E-state index in [1.165, 1.54) is 0 Å². The number of pyridine rings is 1. The van der Waals surface area contributed by atoms with Crippen molar-refractivity contribution in [2.45, 2.75) is 52.1 Å². The standard InChI is InChI=1S/C20H28N6O2/c1-12(2)18-23-20(28-25-18)17(15-5-7-27-8-6-15)21-10-14-9-16-13(3)24-26(4)19(16)22-11-14/h9,11-12,15,17,21H,5-8,10H2,1-4H3/t17-/m1/s1. The normalized spacial score (nSPS) is 16.9. The van der Waals surface area contributed by atoms with E-state index < -0.39 is 0 Å². The lowest BCUT2D eigenvalue weighted by Crippen LogP contribution is -2.32. The number of hydrogen-bond donors (Lipinski definition) is 1. The molecule has 0 aromatic carbocycles. The lowest BCUT2D eigenvalue weighted by Gasteiger charge is -2.28. The maximum atomic E-state index is 5.63. The monoisotopic (exact) mass is 384 g/mol. The van der Waals surface area contributed by atoms with Crippen LogP contribution in [0.1, 0.15) is 61.6 Å². The maximum Gasteiger partial charge on any atom is 0.244 e. The van der Waals surface area contributed by atoms with Crippen molar-refractivity contribution in [2.24, 2.45) is 13.0 Å². The number of ether oxygens (including phenoxy) is 1. The minimum absolute atomic E-state index is 0.00888. The molecule has 3 aromatic rings. The average Bonchev–Trinajstić information content (AvgIpc) is 3.29. The van der Waals surface area contributed by atoms with Gasteiger partial charge in [0.15, 0.2) is 11.5 Å². The highest BCUT2D eigenvalue weighted by Gasteiger charge is 2.30. The zero-order valence-corrected chi connectivity index (χ0v) is 17.0. The second-order valence-corrected chi connectivity index (χ2v) is 7.88. The summed E-state index contributed by atoms with van der Waals surface area (Å²) in [5.74, 6) is 2.07. The summed E-state index contributed by atoms with van der Waals surface area (Å²) in [7, 11) is 1.92. The summed E-state index contributed by atoms with van der Waals surface area (Å²) in [6.07, 6.45) is 3.87. The van der Waals surface area contributed by atoms with Crippen LogP contribution in [0.2, 0.25) is 0 Å². The summed E-state index contributed by atoms with van der Waals surface area (Å²) in [5, 5.41) is 13.3. The molecule has 0 unspecified atom stereocenters. The van der Waals surface area contributed by atoms with Gasteiger partial charge < -0.3 is 14.6 Å². The van der Waals surface area contributed by atoms with Crippen molar-refractivity contribution in [3.8, 4) is 0 Å². The van der Waals surface area contributed by atoms with Gasteiger partial charge >= 0.3 is 0 Å². The molecule has 4 heterocycles. The predicted molar refractivity (Wildman–Crippen MR) is 105 cm³/mol. The van der Waals surface area contributed by atoms with E-state index in [2.05, 4.69) is 45.5 Å². The second kappa shape index (κ2) is 7.97. The summed E-state index contributed by atoms with van der Waals surface area (Å²) in [6.45, 7) is 8.38. The smallest absolute Gasteiger partial charge is 0.244 e. The van der Waals surface area contributed by atoms with Crippen LogP contribution in [-0.2, 0) is 18.3 Å². The Labute approximate surface area is 164 Å². The first-order valence-electron chi connectivity index (χ1n) is 9.95. The zero-order valence-electron chi connectivity index (χ0n) is 17.0. The number of aryl methyl sites for hydroxylation is 2. The van der Waals surface area contributed by atoms with Gasteiger partial charge in [-0.3, -0.25) is 4.68 Å². The summed E-state index contributed by atoms with van der Waals surface area (Å²) in [4.78, 5) is 9.24. The zero-order chi connectivity index (χ0) is 19.7. The third-order valence-corrected chi connectivity index (χ3v) is 5.42. The fourth-order valence-electron chi connectivity index (χ4n) is 3.79. The Morgan fingerprint density at radius 3 is 2.79 bits per heavy atom. The third-order valence-electron chi connectivity index (χ3n) is 5.42. The minimum atomic E-state index is 0.00888. The van der Waals surface area contributed by atoms with E-state index in [0.29, 0.717) is 18.4 Å². The fraction of sp³-hybridized carbons (Fsp3) is 0.600. The molecule has 8 heteroatoms. The van der Waals surface area contributed by atoms with Gasteiger partial charge in [0, 0.05) is 44.3 Å². The maximum absolute atomic E-state index is 5.63. The van der Waals surface area contributed by atoms with Crippen molar-refractivity contribution >= 4 is 11.0 Å². The molecule has 1 atom stereocenters. The topological polar surface area (TPSA) is 90.9 Å². The van der Waals surface area contributed by atoms with Crippen LogP contribution in [0.25, 0.3) is 11.0 Å². The van der Waals surface area contributed by atoms with Crippen LogP contribution in [0, 0.1) is 12.8 Å². The van der Waals surface area contributed by atoms with Crippen LogP contribution < -0.4 is 5.32 Å². The van der Waals surface area contributed by atoms with E-state index in [-0.39, 0.29) is 12.0 Å². The number of nitrogens with zero attached hydrogens (tertiary/aromatic N) is 5. The molecule has 0 amide bonds. The van der Waals surface area contributed by atoms with Gasteiger partial charge in [-0.2, -0.15) is 10.1 Å². The van der Waals surface area contributed by atoms with Crippen LogP contribution in [0.5, 0.6) is 0 Å². The van der Waals surface area contributed by atoms with Crippen LogP contribution >= 0.6 is 0 Å². The van der Waals surface area contributed by atoms with Crippen molar-refractivity contribution in [1.29, 1.82) is 0 Å². The molecule has 28 heavy (non-hydrogen) atoms. The first-order chi connectivity index (χ1) is 13.5. The van der Waals surface area contributed by atoms with Gasteiger partial charge in [-0.15, -0.1) is 0 Å². The molecule has 8 nitrogen and oxygen atoms in total. The minimum Gasteiger partial charge on any atom is -0.381 e. The summed E-state index contributed by atoms with van der Waals surface area (Å²) in [5.41, 5.74) is 3.01. The predicted octanol–water partition coefficient (Wildman–Crippen LogP) is 3.04. The van der Waals surface area contributed by atoms with Gasteiger partial charge in [-0.25, -0.2) is 4.98 Å². The van der Waals surface area contributed by atoms with Crippen LogP contribution in [0.3, 0.4) is 0 Å². The summed E-state index contributed by atoms with van der Waals surface area (Å²) >= 11 is 0. The van der Waals surface area contributed by atoms with E-state index in [1.807, 2.05) is 24.9 Å². The fourth-order valence-corrected chi connectivity index (χ4v) is 3.79. The van der Waals surface area contributed by atoms with Gasteiger partial charge in [0.1, 0.15) is 0 Å². The van der Waals surface area contributed by atoms with Gasteiger partial charge in [0.05, 0.1) is 11.7 Å². The highest BCUT2D eigenvalue weighted by molar-refractivity contribution is 5.78. The van der Waals surface area contributed by atoms with Crippen molar-refractivity contribution in [3.63, 3.8) is 0 Å². The third kappa shape index (κ3) is 3.79. The van der Waals surface area contributed by atoms with Crippen molar-refractivity contribution in [2.75, 3.05) is 13.2 Å². The molecule has 0 spiro atoms.